The van der Waals surface area contributed by atoms with Crippen molar-refractivity contribution in [1.29, 1.82) is 0 Å². The van der Waals surface area contributed by atoms with Crippen LogP contribution >= 0.6 is 0 Å². The number of hydrogen-bond donors (Lipinski definition) is 0. The van der Waals surface area contributed by atoms with Gasteiger partial charge in [0, 0.05) is 0 Å². The Kier molecular flexibility index (Phi) is 6.05. The highest BCUT2D eigenvalue weighted by atomic mass is 14.4. The summed E-state index contributed by atoms with van der Waals surface area (Å²) in [5.41, 5.74) is 0. The van der Waals surface area contributed by atoms with Crippen LogP contribution in [0.15, 0.2) is 12.7 Å². The molecule has 126 valence electrons. The molecule has 0 spiro atoms. The van der Waals surface area contributed by atoms with Crippen LogP contribution in [0.4, 0.5) is 0 Å². The maximum absolute atomic E-state index is 4.00. The van der Waals surface area contributed by atoms with Gasteiger partial charge < -0.3 is 0 Å². The number of hydrogen-bond acceptors (Lipinski definition) is 0. The molecule has 3 aliphatic carbocycles. The van der Waals surface area contributed by atoms with Crippen molar-refractivity contribution in [3.05, 3.63) is 12.7 Å². The molecule has 3 fully saturated rings. The molecule has 0 heterocycles. The summed E-state index contributed by atoms with van der Waals surface area (Å²) in [5, 5.41) is 0. The van der Waals surface area contributed by atoms with Gasteiger partial charge in [-0.2, -0.15) is 0 Å². The van der Waals surface area contributed by atoms with Crippen LogP contribution in [0, 0.1) is 35.5 Å². The summed E-state index contributed by atoms with van der Waals surface area (Å²) < 4.78 is 0. The highest BCUT2D eigenvalue weighted by molar-refractivity contribution is 4.88. The fraction of sp³-hybridized carbons (Fsp3) is 0.909. The largest absolute Gasteiger partial charge is 0.103 e. The van der Waals surface area contributed by atoms with Gasteiger partial charge >= 0.3 is 0 Å². The standard InChI is InChI=1S/C22H38/c1-3-17-5-9-19(10-6-17)21-13-15-22(16-14-21)20-11-7-18(4-2)8-12-20/h3,17-22H,1,4-16H2,2H3. The molecule has 0 amide bonds. The third kappa shape index (κ3) is 3.98. The van der Waals surface area contributed by atoms with Crippen LogP contribution in [-0.4, -0.2) is 0 Å². The summed E-state index contributed by atoms with van der Waals surface area (Å²) in [5.74, 6) is 6.23. The maximum atomic E-state index is 4.00. The summed E-state index contributed by atoms with van der Waals surface area (Å²) in [6.07, 6.45) is 21.9. The van der Waals surface area contributed by atoms with Crippen LogP contribution in [0.1, 0.15) is 90.4 Å². The second-order valence-electron chi connectivity index (χ2n) is 8.77. The van der Waals surface area contributed by atoms with Crippen LogP contribution in [0.5, 0.6) is 0 Å². The Morgan fingerprint density at radius 1 is 0.636 bits per heavy atom. The van der Waals surface area contributed by atoms with Crippen molar-refractivity contribution in [3.8, 4) is 0 Å². The zero-order valence-corrected chi connectivity index (χ0v) is 14.9. The first kappa shape index (κ1) is 16.6. The molecular weight excluding hydrogens is 264 g/mol. The molecule has 3 saturated carbocycles. The summed E-state index contributed by atoms with van der Waals surface area (Å²) in [6, 6.07) is 0. The summed E-state index contributed by atoms with van der Waals surface area (Å²) in [4.78, 5) is 0. The summed E-state index contributed by atoms with van der Waals surface area (Å²) in [6.45, 7) is 6.38. The number of rotatable bonds is 4. The fourth-order valence-corrected chi connectivity index (χ4v) is 6.01. The Hall–Kier alpha value is -0.260. The molecule has 0 unspecified atom stereocenters. The van der Waals surface area contributed by atoms with E-state index in [4.69, 9.17) is 0 Å². The molecule has 3 aliphatic rings. The van der Waals surface area contributed by atoms with E-state index in [-0.39, 0.29) is 0 Å². The second-order valence-corrected chi connectivity index (χ2v) is 8.77. The Bertz CT molecular complexity index is 320. The summed E-state index contributed by atoms with van der Waals surface area (Å²) >= 11 is 0. The van der Waals surface area contributed by atoms with E-state index in [9.17, 15) is 0 Å². The van der Waals surface area contributed by atoms with Gasteiger partial charge in [-0.05, 0) is 99.7 Å². The van der Waals surface area contributed by atoms with E-state index in [0.29, 0.717) is 0 Å². The van der Waals surface area contributed by atoms with Gasteiger partial charge in [-0.1, -0.05) is 32.3 Å². The first-order valence-corrected chi connectivity index (χ1v) is 10.4. The van der Waals surface area contributed by atoms with E-state index in [1.807, 2.05) is 0 Å². The van der Waals surface area contributed by atoms with Crippen LogP contribution < -0.4 is 0 Å². The monoisotopic (exact) mass is 302 g/mol. The van der Waals surface area contributed by atoms with Gasteiger partial charge in [0.15, 0.2) is 0 Å². The Morgan fingerprint density at radius 3 is 1.36 bits per heavy atom. The lowest BCUT2D eigenvalue weighted by Crippen LogP contribution is -2.29. The zero-order chi connectivity index (χ0) is 15.4. The normalized spacial score (nSPS) is 43.7. The molecule has 0 aliphatic heterocycles. The van der Waals surface area contributed by atoms with Crippen molar-refractivity contribution in [2.45, 2.75) is 90.4 Å². The Balaban J connectivity index is 1.40. The first-order valence-electron chi connectivity index (χ1n) is 10.4. The molecule has 0 N–H and O–H groups in total. The van der Waals surface area contributed by atoms with Crippen LogP contribution in [0.2, 0.25) is 0 Å². The first-order chi connectivity index (χ1) is 10.8. The van der Waals surface area contributed by atoms with E-state index in [1.165, 1.54) is 44.9 Å². The average molecular weight is 303 g/mol. The lowest BCUT2D eigenvalue weighted by molar-refractivity contribution is 0.108. The van der Waals surface area contributed by atoms with Crippen molar-refractivity contribution in [3.63, 3.8) is 0 Å². The second kappa shape index (κ2) is 8.02. The third-order valence-electron chi connectivity index (χ3n) is 7.77. The molecule has 22 heavy (non-hydrogen) atoms. The van der Waals surface area contributed by atoms with Gasteiger partial charge in [0.25, 0.3) is 0 Å². The molecule has 0 aromatic rings. The van der Waals surface area contributed by atoms with Crippen LogP contribution in [-0.2, 0) is 0 Å². The minimum Gasteiger partial charge on any atom is -0.103 e. The average Bonchev–Trinajstić information content (AvgIpc) is 2.62. The van der Waals surface area contributed by atoms with Gasteiger partial charge in [-0.25, -0.2) is 0 Å². The minimum atomic E-state index is 0.835. The summed E-state index contributed by atoms with van der Waals surface area (Å²) in [7, 11) is 0. The number of allylic oxidation sites excluding steroid dienone is 1. The van der Waals surface area contributed by atoms with Gasteiger partial charge in [0.1, 0.15) is 0 Å². The Morgan fingerprint density at radius 2 is 1.00 bits per heavy atom. The molecule has 3 rings (SSSR count). The Labute approximate surface area is 139 Å². The molecule has 0 heteroatoms. The van der Waals surface area contributed by atoms with Gasteiger partial charge in [-0.15, -0.1) is 6.58 Å². The highest BCUT2D eigenvalue weighted by Gasteiger charge is 2.34. The van der Waals surface area contributed by atoms with Crippen molar-refractivity contribution in [2.75, 3.05) is 0 Å². The molecule has 0 atom stereocenters. The predicted molar refractivity (Wildman–Crippen MR) is 96.8 cm³/mol. The van der Waals surface area contributed by atoms with Crippen molar-refractivity contribution in [1.82, 2.24) is 0 Å². The third-order valence-corrected chi connectivity index (χ3v) is 7.77. The predicted octanol–water partition coefficient (Wildman–Crippen LogP) is 7.00. The van der Waals surface area contributed by atoms with Gasteiger partial charge in [0.05, 0.1) is 0 Å². The minimum absolute atomic E-state index is 0.835. The van der Waals surface area contributed by atoms with E-state index >= 15 is 0 Å². The zero-order valence-electron chi connectivity index (χ0n) is 14.9. The SMILES string of the molecule is C=CC1CCC(C2CCC(C3CCC(CC)CC3)CC2)CC1. The molecule has 0 saturated heterocycles. The van der Waals surface area contributed by atoms with Gasteiger partial charge in [-0.3, -0.25) is 0 Å². The van der Waals surface area contributed by atoms with Gasteiger partial charge in [0.2, 0.25) is 0 Å². The van der Waals surface area contributed by atoms with Crippen molar-refractivity contribution >= 4 is 0 Å². The molecule has 0 radical (unpaired) electrons. The van der Waals surface area contributed by atoms with Crippen LogP contribution in [0.25, 0.3) is 0 Å². The molecule has 0 bridgehead atoms. The molecule has 0 nitrogen and oxygen atoms in total. The fourth-order valence-electron chi connectivity index (χ4n) is 6.01. The smallest absolute Gasteiger partial charge is 0.0236 e. The molecular formula is C22H38. The molecule has 0 aromatic carbocycles. The topological polar surface area (TPSA) is 0 Å². The van der Waals surface area contributed by atoms with E-state index in [0.717, 1.165) is 35.5 Å². The lowest BCUT2D eigenvalue weighted by atomic mass is 9.65. The molecule has 0 aromatic heterocycles. The van der Waals surface area contributed by atoms with E-state index in [2.05, 4.69) is 19.6 Å². The maximum Gasteiger partial charge on any atom is -0.0236 e. The van der Waals surface area contributed by atoms with E-state index < -0.39 is 0 Å². The van der Waals surface area contributed by atoms with Crippen molar-refractivity contribution < 1.29 is 0 Å². The highest BCUT2D eigenvalue weighted by Crippen LogP contribution is 2.46. The lowest BCUT2D eigenvalue weighted by Gasteiger charge is -2.41. The van der Waals surface area contributed by atoms with E-state index in [1.54, 1.807) is 38.5 Å². The van der Waals surface area contributed by atoms with Crippen molar-refractivity contribution in [2.24, 2.45) is 35.5 Å². The van der Waals surface area contributed by atoms with Crippen LogP contribution in [0.3, 0.4) is 0 Å². The quantitative estimate of drug-likeness (QED) is 0.490.